The number of Topliss-reactive ketones (excluding diaryl/α,β-unsaturated/α-hetero) is 1. The molecule has 5 heteroatoms. The highest BCUT2D eigenvalue weighted by Crippen LogP contribution is 2.22. The molecule has 0 radical (unpaired) electrons. The van der Waals surface area contributed by atoms with Crippen molar-refractivity contribution in [2.24, 2.45) is 5.73 Å². The molecule has 0 amide bonds. The van der Waals surface area contributed by atoms with E-state index in [2.05, 4.69) is 0 Å². The number of hydrogen-bond donors (Lipinski definition) is 1. The molecule has 0 aromatic heterocycles. The summed E-state index contributed by atoms with van der Waals surface area (Å²) in [5, 5.41) is 8.73. The van der Waals surface area contributed by atoms with E-state index in [1.165, 1.54) is 13.0 Å². The van der Waals surface area contributed by atoms with Crippen LogP contribution in [-0.2, 0) is 4.79 Å². The highest BCUT2D eigenvalue weighted by molar-refractivity contribution is 8.00. The molecular formula is C12H11FN2OS. The average molecular weight is 250 g/mol. The molecule has 0 atom stereocenters. The molecule has 0 aliphatic carbocycles. The summed E-state index contributed by atoms with van der Waals surface area (Å²) in [4.78, 5) is 12.0. The number of ketones is 1. The van der Waals surface area contributed by atoms with E-state index < -0.39 is 0 Å². The van der Waals surface area contributed by atoms with E-state index in [0.29, 0.717) is 4.90 Å². The van der Waals surface area contributed by atoms with Crippen LogP contribution >= 0.6 is 11.8 Å². The first-order chi connectivity index (χ1) is 8.06. The van der Waals surface area contributed by atoms with Gasteiger partial charge in [-0.2, -0.15) is 5.26 Å². The molecule has 0 bridgehead atoms. The number of nitriles is 1. The minimum Gasteiger partial charge on any atom is -0.401 e. The van der Waals surface area contributed by atoms with Crippen molar-refractivity contribution in [3.63, 3.8) is 0 Å². The zero-order valence-corrected chi connectivity index (χ0v) is 10.1. The summed E-state index contributed by atoms with van der Waals surface area (Å²) in [6.07, 6.45) is 0. The topological polar surface area (TPSA) is 66.9 Å². The van der Waals surface area contributed by atoms with Gasteiger partial charge in [0.1, 0.15) is 17.5 Å². The van der Waals surface area contributed by atoms with E-state index in [9.17, 15) is 9.18 Å². The number of halogens is 1. The molecule has 17 heavy (non-hydrogen) atoms. The summed E-state index contributed by atoms with van der Waals surface area (Å²) in [5.41, 5.74) is 5.53. The lowest BCUT2D eigenvalue weighted by Gasteiger charge is -2.02. The Morgan fingerprint density at radius 2 is 2.18 bits per heavy atom. The fraction of sp³-hybridized carbons (Fsp3) is 0.167. The van der Waals surface area contributed by atoms with Crippen molar-refractivity contribution in [2.75, 3.05) is 5.75 Å². The van der Waals surface area contributed by atoms with E-state index in [1.54, 1.807) is 24.3 Å². The van der Waals surface area contributed by atoms with Gasteiger partial charge in [-0.15, -0.1) is 11.8 Å². The average Bonchev–Trinajstić information content (AvgIpc) is 2.28. The Bertz CT molecular complexity index is 501. The number of carbonyl (C=O) groups excluding carboxylic acids is 1. The summed E-state index contributed by atoms with van der Waals surface area (Å²) in [6, 6.07) is 7.91. The lowest BCUT2D eigenvalue weighted by molar-refractivity contribution is -0.112. The van der Waals surface area contributed by atoms with E-state index in [4.69, 9.17) is 11.0 Å². The van der Waals surface area contributed by atoms with Crippen LogP contribution < -0.4 is 5.73 Å². The smallest absolute Gasteiger partial charge is 0.185 e. The molecule has 1 rings (SSSR count). The van der Waals surface area contributed by atoms with Crippen LogP contribution in [0.15, 0.2) is 40.4 Å². The summed E-state index contributed by atoms with van der Waals surface area (Å²) in [5.74, 6) is -0.767. The quantitative estimate of drug-likeness (QED) is 0.505. The van der Waals surface area contributed by atoms with Gasteiger partial charge in [0.25, 0.3) is 0 Å². The van der Waals surface area contributed by atoms with Crippen molar-refractivity contribution in [1.82, 2.24) is 0 Å². The molecule has 0 saturated heterocycles. The molecule has 0 aliphatic rings. The van der Waals surface area contributed by atoms with Gasteiger partial charge in [-0.05, 0) is 19.1 Å². The molecule has 3 nitrogen and oxygen atoms in total. The fourth-order valence-electron chi connectivity index (χ4n) is 1.15. The first-order valence-corrected chi connectivity index (χ1v) is 5.81. The minimum atomic E-state index is -0.388. The largest absolute Gasteiger partial charge is 0.401 e. The molecule has 2 N–H and O–H groups in total. The van der Waals surface area contributed by atoms with Crippen molar-refractivity contribution < 1.29 is 9.18 Å². The zero-order chi connectivity index (χ0) is 12.8. The Morgan fingerprint density at radius 3 is 2.71 bits per heavy atom. The van der Waals surface area contributed by atoms with Crippen LogP contribution in [0.5, 0.6) is 0 Å². The normalized spacial score (nSPS) is 11.6. The van der Waals surface area contributed by atoms with Crippen molar-refractivity contribution in [2.45, 2.75) is 11.8 Å². The third kappa shape index (κ3) is 3.61. The Labute approximate surface area is 103 Å². The maximum absolute atomic E-state index is 13.2. The van der Waals surface area contributed by atoms with Crippen molar-refractivity contribution in [3.05, 3.63) is 41.4 Å². The summed E-state index contributed by atoms with van der Waals surface area (Å²) in [7, 11) is 0. The third-order valence-corrected chi connectivity index (χ3v) is 3.03. The van der Waals surface area contributed by atoms with Crippen molar-refractivity contribution in [3.8, 4) is 6.07 Å². The molecule has 0 aliphatic heterocycles. The molecule has 0 unspecified atom stereocenters. The predicted molar refractivity (Wildman–Crippen MR) is 64.6 cm³/mol. The number of benzene rings is 1. The fourth-order valence-corrected chi connectivity index (χ4v) is 1.96. The number of thioether (sulfide) groups is 1. The Morgan fingerprint density at radius 1 is 1.53 bits per heavy atom. The summed E-state index contributed by atoms with van der Waals surface area (Å²) < 4.78 is 13.2. The number of rotatable bonds is 4. The lowest BCUT2D eigenvalue weighted by atomic mass is 10.2. The SMILES string of the molecule is C/C(N)=C(/C#N)C(=O)CSc1ccccc1F. The highest BCUT2D eigenvalue weighted by Gasteiger charge is 2.12. The van der Waals surface area contributed by atoms with Gasteiger partial charge in [0.15, 0.2) is 5.78 Å². The van der Waals surface area contributed by atoms with Gasteiger partial charge in [-0.3, -0.25) is 4.79 Å². The monoisotopic (exact) mass is 250 g/mol. The Hall–Kier alpha value is -1.80. The zero-order valence-electron chi connectivity index (χ0n) is 9.24. The van der Waals surface area contributed by atoms with Crippen LogP contribution in [0.2, 0.25) is 0 Å². The van der Waals surface area contributed by atoms with E-state index in [0.717, 1.165) is 11.8 Å². The first-order valence-electron chi connectivity index (χ1n) is 4.83. The van der Waals surface area contributed by atoms with E-state index in [1.807, 2.05) is 0 Å². The van der Waals surface area contributed by atoms with Gasteiger partial charge in [-0.25, -0.2) is 4.39 Å². The number of hydrogen-bond acceptors (Lipinski definition) is 4. The standard InChI is InChI=1S/C12H11FN2OS/c1-8(15)9(6-14)11(16)7-17-12-5-3-2-4-10(12)13/h2-5H,7,15H2,1H3/b9-8+. The van der Waals surface area contributed by atoms with Gasteiger partial charge in [0, 0.05) is 10.6 Å². The first kappa shape index (κ1) is 13.3. The summed E-state index contributed by atoms with van der Waals surface area (Å²) >= 11 is 1.05. The van der Waals surface area contributed by atoms with Gasteiger partial charge in [-0.1, -0.05) is 12.1 Å². The van der Waals surface area contributed by atoms with Crippen LogP contribution in [0.3, 0.4) is 0 Å². The molecule has 0 saturated carbocycles. The number of allylic oxidation sites excluding steroid dienone is 2. The molecule has 88 valence electrons. The highest BCUT2D eigenvalue weighted by atomic mass is 32.2. The van der Waals surface area contributed by atoms with Crippen LogP contribution in [0.4, 0.5) is 4.39 Å². The minimum absolute atomic E-state index is 0.00162. The van der Waals surface area contributed by atoms with Crippen molar-refractivity contribution in [1.29, 1.82) is 5.26 Å². The molecule has 0 spiro atoms. The number of nitrogens with two attached hydrogens (primary N) is 1. The van der Waals surface area contributed by atoms with Crippen LogP contribution in [0.1, 0.15) is 6.92 Å². The Balaban J connectivity index is 2.71. The van der Waals surface area contributed by atoms with E-state index >= 15 is 0 Å². The van der Waals surface area contributed by atoms with E-state index in [-0.39, 0.29) is 28.6 Å². The van der Waals surface area contributed by atoms with Gasteiger partial charge < -0.3 is 5.73 Å². The van der Waals surface area contributed by atoms with Gasteiger partial charge >= 0.3 is 0 Å². The molecule has 1 aromatic rings. The maximum atomic E-state index is 13.2. The molecule has 0 fully saturated rings. The lowest BCUT2D eigenvalue weighted by Crippen LogP contribution is -2.10. The maximum Gasteiger partial charge on any atom is 0.185 e. The second kappa shape index (κ2) is 6.06. The molecule has 1 aromatic carbocycles. The van der Waals surface area contributed by atoms with Crippen molar-refractivity contribution >= 4 is 17.5 Å². The number of nitrogens with zero attached hydrogens (tertiary/aromatic N) is 1. The summed E-state index contributed by atoms with van der Waals surface area (Å²) in [6.45, 7) is 1.49. The predicted octanol–water partition coefficient (Wildman–Crippen LogP) is 2.24. The van der Waals surface area contributed by atoms with Gasteiger partial charge in [0.05, 0.1) is 5.75 Å². The second-order valence-electron chi connectivity index (χ2n) is 3.31. The molecule has 0 heterocycles. The molecular weight excluding hydrogens is 239 g/mol. The Kier molecular flexibility index (Phi) is 4.73. The van der Waals surface area contributed by atoms with Crippen LogP contribution in [-0.4, -0.2) is 11.5 Å². The van der Waals surface area contributed by atoms with Crippen LogP contribution in [0.25, 0.3) is 0 Å². The number of carbonyl (C=O) groups is 1. The van der Waals surface area contributed by atoms with Gasteiger partial charge in [0.2, 0.25) is 0 Å². The third-order valence-electron chi connectivity index (χ3n) is 1.98. The van der Waals surface area contributed by atoms with Crippen LogP contribution in [0, 0.1) is 17.1 Å². The second-order valence-corrected chi connectivity index (χ2v) is 4.33.